The minimum absolute atomic E-state index is 0.00366. The zero-order valence-corrected chi connectivity index (χ0v) is 14.5. The molecule has 3 N–H and O–H groups in total. The molecule has 1 aromatic carbocycles. The zero-order valence-electron chi connectivity index (χ0n) is 14.5. The van der Waals surface area contributed by atoms with Crippen LogP contribution in [0.25, 0.3) is 0 Å². The van der Waals surface area contributed by atoms with E-state index in [0.29, 0.717) is 35.6 Å². The highest BCUT2D eigenvalue weighted by molar-refractivity contribution is 5.80. The summed E-state index contributed by atoms with van der Waals surface area (Å²) in [6.45, 7) is 0.378. The molecule has 2 aliphatic rings. The van der Waals surface area contributed by atoms with E-state index in [9.17, 15) is 4.79 Å². The van der Waals surface area contributed by atoms with Gasteiger partial charge in [0.15, 0.2) is 11.5 Å². The molecule has 6 heteroatoms. The Bertz CT molecular complexity index is 617. The van der Waals surface area contributed by atoms with Crippen LogP contribution in [0.5, 0.6) is 17.2 Å². The first-order valence-corrected chi connectivity index (χ1v) is 8.41. The fourth-order valence-corrected chi connectivity index (χ4v) is 4.33. The zero-order chi connectivity index (χ0) is 17.3. The van der Waals surface area contributed by atoms with Gasteiger partial charge in [0.05, 0.1) is 27.2 Å². The summed E-state index contributed by atoms with van der Waals surface area (Å²) in [5.74, 6) is 2.65. The van der Waals surface area contributed by atoms with Crippen molar-refractivity contribution in [1.82, 2.24) is 5.32 Å². The molecular weight excluding hydrogens is 308 g/mol. The lowest BCUT2D eigenvalue weighted by Gasteiger charge is -2.27. The van der Waals surface area contributed by atoms with Gasteiger partial charge in [0.25, 0.3) is 0 Å². The van der Waals surface area contributed by atoms with E-state index in [2.05, 4.69) is 5.32 Å². The molecule has 2 bridgehead atoms. The van der Waals surface area contributed by atoms with E-state index in [1.165, 1.54) is 6.42 Å². The van der Waals surface area contributed by atoms with Gasteiger partial charge in [-0.05, 0) is 43.2 Å². The first-order chi connectivity index (χ1) is 11.6. The molecule has 3 rings (SSSR count). The highest BCUT2D eigenvalue weighted by atomic mass is 16.5. The number of hydrogen-bond donors (Lipinski definition) is 2. The lowest BCUT2D eigenvalue weighted by Crippen LogP contribution is -2.45. The Kier molecular flexibility index (Phi) is 4.85. The fraction of sp³-hybridized carbons (Fsp3) is 0.611. The molecule has 0 aromatic heterocycles. The van der Waals surface area contributed by atoms with Gasteiger partial charge < -0.3 is 25.3 Å². The normalized spacial score (nSPS) is 27.8. The number of nitrogens with one attached hydrogen (secondary N) is 1. The number of nitrogens with two attached hydrogens (primary N) is 1. The lowest BCUT2D eigenvalue weighted by molar-refractivity contribution is -0.127. The summed E-state index contributed by atoms with van der Waals surface area (Å²) in [5, 5.41) is 3.02. The molecule has 4 atom stereocenters. The van der Waals surface area contributed by atoms with E-state index < -0.39 is 0 Å². The topological polar surface area (TPSA) is 82.8 Å². The smallest absolute Gasteiger partial charge is 0.225 e. The van der Waals surface area contributed by atoms with Crippen molar-refractivity contribution in [2.45, 2.75) is 31.8 Å². The first-order valence-electron chi connectivity index (χ1n) is 8.41. The molecule has 2 aliphatic carbocycles. The Hall–Kier alpha value is -1.95. The molecule has 24 heavy (non-hydrogen) atoms. The SMILES string of the molecule is COc1ccc(CNC(=O)C2C3CCC(C3)C2N)c(OC)c1OC. The second kappa shape index (κ2) is 6.89. The van der Waals surface area contributed by atoms with Crippen LogP contribution in [-0.4, -0.2) is 33.3 Å². The van der Waals surface area contributed by atoms with E-state index in [4.69, 9.17) is 19.9 Å². The largest absolute Gasteiger partial charge is 0.493 e. The summed E-state index contributed by atoms with van der Waals surface area (Å²) in [4.78, 5) is 12.6. The van der Waals surface area contributed by atoms with Crippen LogP contribution in [0.2, 0.25) is 0 Å². The molecule has 0 radical (unpaired) electrons. The predicted octanol–water partition coefficient (Wildman–Crippen LogP) is 1.70. The molecule has 1 amide bonds. The highest BCUT2D eigenvalue weighted by Gasteiger charge is 2.48. The van der Waals surface area contributed by atoms with Crippen molar-refractivity contribution in [1.29, 1.82) is 0 Å². The lowest BCUT2D eigenvalue weighted by atomic mass is 9.84. The Morgan fingerprint density at radius 2 is 1.83 bits per heavy atom. The summed E-state index contributed by atoms with van der Waals surface area (Å²) in [6.07, 6.45) is 3.38. The second-order valence-corrected chi connectivity index (χ2v) is 6.65. The second-order valence-electron chi connectivity index (χ2n) is 6.65. The fourth-order valence-electron chi connectivity index (χ4n) is 4.33. The third-order valence-corrected chi connectivity index (χ3v) is 5.52. The maximum absolute atomic E-state index is 12.6. The number of fused-ring (bicyclic) bond motifs is 2. The van der Waals surface area contributed by atoms with Crippen molar-refractivity contribution in [2.24, 2.45) is 23.5 Å². The van der Waals surface area contributed by atoms with Crippen LogP contribution in [0.4, 0.5) is 0 Å². The van der Waals surface area contributed by atoms with Crippen molar-refractivity contribution in [3.8, 4) is 17.2 Å². The average molecular weight is 334 g/mol. The number of ether oxygens (including phenoxy) is 3. The van der Waals surface area contributed by atoms with Gasteiger partial charge in [0.2, 0.25) is 11.7 Å². The highest BCUT2D eigenvalue weighted by Crippen LogP contribution is 2.47. The average Bonchev–Trinajstić information content (AvgIpc) is 3.19. The van der Waals surface area contributed by atoms with E-state index in [0.717, 1.165) is 18.4 Å². The van der Waals surface area contributed by atoms with Crippen molar-refractivity contribution in [3.05, 3.63) is 17.7 Å². The van der Waals surface area contributed by atoms with Gasteiger partial charge in [0, 0.05) is 18.2 Å². The van der Waals surface area contributed by atoms with Gasteiger partial charge in [-0.2, -0.15) is 0 Å². The summed E-state index contributed by atoms with van der Waals surface area (Å²) < 4.78 is 16.1. The van der Waals surface area contributed by atoms with E-state index in [1.807, 2.05) is 12.1 Å². The van der Waals surface area contributed by atoms with Gasteiger partial charge in [0.1, 0.15) is 0 Å². The molecular formula is C18H26N2O4. The van der Waals surface area contributed by atoms with Crippen LogP contribution in [0.1, 0.15) is 24.8 Å². The molecule has 0 heterocycles. The molecule has 2 fully saturated rings. The van der Waals surface area contributed by atoms with Crippen molar-refractivity contribution >= 4 is 5.91 Å². The van der Waals surface area contributed by atoms with Gasteiger partial charge in [-0.3, -0.25) is 4.79 Å². The third-order valence-electron chi connectivity index (χ3n) is 5.52. The molecule has 0 aliphatic heterocycles. The summed E-state index contributed by atoms with van der Waals surface area (Å²) >= 11 is 0. The molecule has 1 aromatic rings. The number of hydrogen-bond acceptors (Lipinski definition) is 5. The summed E-state index contributed by atoms with van der Waals surface area (Å²) in [6, 6.07) is 3.68. The molecule has 6 nitrogen and oxygen atoms in total. The van der Waals surface area contributed by atoms with Crippen molar-refractivity contribution < 1.29 is 19.0 Å². The Morgan fingerprint density at radius 1 is 1.12 bits per heavy atom. The number of amides is 1. The minimum atomic E-state index is -0.0603. The first kappa shape index (κ1) is 16.9. The standard InChI is InChI=1S/C18H26N2O4/c1-22-13-7-6-12(16(23-2)17(13)24-3)9-20-18(21)14-10-4-5-11(8-10)15(14)19/h6-7,10-11,14-15H,4-5,8-9,19H2,1-3H3,(H,20,21). The van der Waals surface area contributed by atoms with E-state index >= 15 is 0 Å². The predicted molar refractivity (Wildman–Crippen MR) is 90.2 cm³/mol. The number of rotatable bonds is 6. The van der Waals surface area contributed by atoms with Gasteiger partial charge in [-0.15, -0.1) is 0 Å². The molecule has 0 saturated heterocycles. The quantitative estimate of drug-likeness (QED) is 0.827. The van der Waals surface area contributed by atoms with Crippen LogP contribution in [-0.2, 0) is 11.3 Å². The number of carbonyl (C=O) groups excluding carboxylic acids is 1. The van der Waals surface area contributed by atoms with Crippen LogP contribution in [0.3, 0.4) is 0 Å². The molecule has 2 saturated carbocycles. The van der Waals surface area contributed by atoms with Crippen LogP contribution in [0.15, 0.2) is 12.1 Å². The third kappa shape index (κ3) is 2.79. The van der Waals surface area contributed by atoms with Crippen molar-refractivity contribution in [2.75, 3.05) is 21.3 Å². The van der Waals surface area contributed by atoms with Crippen LogP contribution < -0.4 is 25.3 Å². The summed E-state index contributed by atoms with van der Waals surface area (Å²) in [7, 11) is 4.72. The summed E-state index contributed by atoms with van der Waals surface area (Å²) in [5.41, 5.74) is 7.10. The number of benzene rings is 1. The Balaban J connectivity index is 1.71. The van der Waals surface area contributed by atoms with Gasteiger partial charge in [-0.1, -0.05) is 0 Å². The maximum atomic E-state index is 12.6. The molecule has 132 valence electrons. The molecule has 4 unspecified atom stereocenters. The monoisotopic (exact) mass is 334 g/mol. The minimum Gasteiger partial charge on any atom is -0.493 e. The van der Waals surface area contributed by atoms with Crippen molar-refractivity contribution in [3.63, 3.8) is 0 Å². The number of carbonyl (C=O) groups is 1. The Morgan fingerprint density at radius 3 is 2.42 bits per heavy atom. The van der Waals surface area contributed by atoms with E-state index in [1.54, 1.807) is 21.3 Å². The van der Waals surface area contributed by atoms with Gasteiger partial charge in [-0.25, -0.2) is 0 Å². The molecule has 0 spiro atoms. The number of methoxy groups -OCH3 is 3. The van der Waals surface area contributed by atoms with E-state index in [-0.39, 0.29) is 17.9 Å². The van der Waals surface area contributed by atoms with Crippen LogP contribution >= 0.6 is 0 Å². The Labute approximate surface area is 142 Å². The maximum Gasteiger partial charge on any atom is 0.225 e. The van der Waals surface area contributed by atoms with Crippen LogP contribution in [0, 0.1) is 17.8 Å². The van der Waals surface area contributed by atoms with Gasteiger partial charge >= 0.3 is 0 Å².